The van der Waals surface area contributed by atoms with Gasteiger partial charge >= 0.3 is 11.9 Å². The van der Waals surface area contributed by atoms with Crippen molar-refractivity contribution in [2.24, 2.45) is 0 Å². The predicted octanol–water partition coefficient (Wildman–Crippen LogP) is 2.14. The summed E-state index contributed by atoms with van der Waals surface area (Å²) in [6, 6.07) is 17.0. The highest BCUT2D eigenvalue weighted by atomic mass is 16.7. The lowest BCUT2D eigenvalue weighted by molar-refractivity contribution is -0.302. The van der Waals surface area contributed by atoms with Crippen molar-refractivity contribution < 1.29 is 77.8 Å². The topological polar surface area (TPSA) is 281 Å². The predicted molar refractivity (Wildman–Crippen MR) is 248 cm³/mol. The zero-order chi connectivity index (χ0) is 49.5. The Morgan fingerprint density at radius 2 is 1.61 bits per heavy atom. The SMILES string of the molecule is COc1ccc(-c2oc3c(CC=C(C)C)c(O)cc(O)c3c(=O)c2OC(=O)CCC(=O)OCCN(CCOCC2=CN(CCOCCO[C@H]3O[C@@H](CO)[C@H](O)[C@@H](O)[C@@H]3O)NN2)c2ccccc2)cc1. The first kappa shape index (κ1) is 52.1. The highest BCUT2D eigenvalue weighted by Crippen LogP contribution is 2.39. The van der Waals surface area contributed by atoms with Gasteiger partial charge in [-0.1, -0.05) is 29.8 Å². The van der Waals surface area contributed by atoms with Crippen LogP contribution in [0, 0.1) is 0 Å². The molecule has 0 amide bonds. The van der Waals surface area contributed by atoms with Crippen LogP contribution in [0.15, 0.2) is 93.4 Å². The number of para-hydroxylation sites is 1. The number of phenols is 2. The number of phenolic OH excluding ortho intramolecular Hbond substituents is 2. The number of aliphatic hydroxyl groups excluding tert-OH is 4. The molecule has 3 aromatic carbocycles. The number of allylic oxidation sites excluding steroid dienone is 2. The van der Waals surface area contributed by atoms with Crippen LogP contribution in [0.5, 0.6) is 23.0 Å². The van der Waals surface area contributed by atoms with Gasteiger partial charge in [-0.15, -0.1) is 5.53 Å². The van der Waals surface area contributed by atoms with Gasteiger partial charge in [0, 0.05) is 35.6 Å². The Hall–Kier alpha value is -6.27. The van der Waals surface area contributed by atoms with Gasteiger partial charge in [-0.05, 0) is 56.7 Å². The summed E-state index contributed by atoms with van der Waals surface area (Å²) in [5, 5.41) is 62.2. The molecule has 2 aliphatic heterocycles. The summed E-state index contributed by atoms with van der Waals surface area (Å²) >= 11 is 0. The van der Waals surface area contributed by atoms with Crippen LogP contribution in [0.1, 0.15) is 32.3 Å². The molecule has 1 saturated heterocycles. The van der Waals surface area contributed by atoms with Crippen LogP contribution in [0.2, 0.25) is 0 Å². The third-order valence-corrected chi connectivity index (χ3v) is 11.0. The lowest BCUT2D eigenvalue weighted by Crippen LogP contribution is -2.59. The Kier molecular flexibility index (Phi) is 19.2. The van der Waals surface area contributed by atoms with E-state index in [1.165, 1.54) is 7.11 Å². The number of rotatable bonds is 25. The number of esters is 2. The van der Waals surface area contributed by atoms with E-state index < -0.39 is 72.6 Å². The second-order valence-electron chi connectivity index (χ2n) is 16.2. The lowest BCUT2D eigenvalue weighted by Gasteiger charge is -2.39. The zero-order valence-corrected chi connectivity index (χ0v) is 38.6. The van der Waals surface area contributed by atoms with Gasteiger partial charge in [0.1, 0.15) is 59.2 Å². The monoisotopic (exact) mass is 964 g/mol. The average molecular weight is 965 g/mol. The summed E-state index contributed by atoms with van der Waals surface area (Å²) in [4.78, 5) is 42.1. The van der Waals surface area contributed by atoms with Crippen LogP contribution < -0.4 is 30.8 Å². The van der Waals surface area contributed by atoms with Crippen LogP contribution in [-0.2, 0) is 39.7 Å². The molecule has 1 aromatic heterocycles. The quantitative estimate of drug-likeness (QED) is 0.0268. The highest BCUT2D eigenvalue weighted by molar-refractivity contribution is 5.92. The first-order chi connectivity index (χ1) is 33.3. The Balaban J connectivity index is 0.954. The summed E-state index contributed by atoms with van der Waals surface area (Å²) in [6.07, 6.45) is -3.70. The number of carbonyl (C=O) groups is 2. The van der Waals surface area contributed by atoms with Gasteiger partial charge in [0.05, 0.1) is 78.4 Å². The molecule has 6 rings (SSSR count). The molecule has 21 nitrogen and oxygen atoms in total. The number of hydrazine groups is 2. The van der Waals surface area contributed by atoms with Gasteiger partial charge in [0.25, 0.3) is 0 Å². The van der Waals surface area contributed by atoms with E-state index in [1.54, 1.807) is 29.3 Å². The number of nitrogens with zero attached hydrogens (tertiary/aromatic N) is 2. The van der Waals surface area contributed by atoms with E-state index in [0.29, 0.717) is 44.2 Å². The number of anilines is 1. The number of hydrogen-bond acceptors (Lipinski definition) is 21. The van der Waals surface area contributed by atoms with Crippen molar-refractivity contribution in [1.29, 1.82) is 0 Å². The van der Waals surface area contributed by atoms with Crippen LogP contribution in [0.3, 0.4) is 0 Å². The Bertz CT molecular complexity index is 2440. The number of methoxy groups -OCH3 is 1. The van der Waals surface area contributed by atoms with Gasteiger partial charge in [-0.2, -0.15) is 0 Å². The van der Waals surface area contributed by atoms with Gasteiger partial charge in [0.15, 0.2) is 12.1 Å². The van der Waals surface area contributed by atoms with E-state index in [2.05, 4.69) is 11.0 Å². The standard InChI is InChI=1S/C48H60N4O17/c1-29(2)9-14-34-35(54)25-36(55)40-42(59)47(45(69-46(34)40)30-10-12-33(62-3)13-11-30)68-39(57)16-15-38(56)65-22-18-51(32-7-5-4-6-8-32)17-20-64-28-31-26-52(50-49-31)19-21-63-23-24-66-48-44(61)43(60)41(58)37(27-53)67-48/h4-13,25-26,37,41,43-44,48-50,53-55,58,60-61H,14-24,27-28H2,1-3H3/t37-,41-,43+,44-,48-/m0/s1. The van der Waals surface area contributed by atoms with Crippen molar-refractivity contribution in [3.8, 4) is 34.3 Å². The number of hydrogen-bond donors (Lipinski definition) is 8. The maximum Gasteiger partial charge on any atom is 0.312 e. The molecule has 0 radical (unpaired) electrons. The summed E-state index contributed by atoms with van der Waals surface area (Å²) < 4.78 is 44.8. The fourth-order valence-corrected chi connectivity index (χ4v) is 7.26. The minimum Gasteiger partial charge on any atom is -0.507 e. The van der Waals surface area contributed by atoms with E-state index in [4.69, 9.17) is 37.6 Å². The highest BCUT2D eigenvalue weighted by Gasteiger charge is 2.44. The van der Waals surface area contributed by atoms with E-state index in [0.717, 1.165) is 23.0 Å². The van der Waals surface area contributed by atoms with E-state index in [9.17, 15) is 45.0 Å². The molecule has 0 aliphatic carbocycles. The molecule has 3 heterocycles. The second kappa shape index (κ2) is 25.4. The maximum atomic E-state index is 14.0. The number of benzene rings is 3. The second-order valence-corrected chi connectivity index (χ2v) is 16.2. The summed E-state index contributed by atoms with van der Waals surface area (Å²) in [5.74, 6) is -2.55. The first-order valence-corrected chi connectivity index (χ1v) is 22.3. The molecule has 5 atom stereocenters. The molecular formula is C48H60N4O17. The molecule has 374 valence electrons. The molecule has 0 unspecified atom stereocenters. The number of fused-ring (bicyclic) bond motifs is 1. The Labute approximate surface area is 397 Å². The molecule has 69 heavy (non-hydrogen) atoms. The average Bonchev–Trinajstić information content (AvgIpc) is 3.80. The molecule has 8 N–H and O–H groups in total. The normalized spacial score (nSPS) is 18.9. The van der Waals surface area contributed by atoms with E-state index in [1.807, 2.05) is 61.4 Å². The number of carbonyl (C=O) groups excluding carboxylic acids is 2. The summed E-state index contributed by atoms with van der Waals surface area (Å²) in [7, 11) is 1.49. The van der Waals surface area contributed by atoms with Crippen molar-refractivity contribution >= 4 is 28.6 Å². The first-order valence-electron chi connectivity index (χ1n) is 22.3. The van der Waals surface area contributed by atoms with Crippen LogP contribution >= 0.6 is 0 Å². The van der Waals surface area contributed by atoms with Crippen LogP contribution in [-0.4, -0.2) is 151 Å². The third-order valence-electron chi connectivity index (χ3n) is 11.0. The fraction of sp³-hybridized carbons (Fsp3) is 0.438. The number of aromatic hydroxyl groups is 2. The molecule has 1 fully saturated rings. The summed E-state index contributed by atoms with van der Waals surface area (Å²) in [5.41, 5.74) is 8.28. The zero-order valence-electron chi connectivity index (χ0n) is 38.6. The number of nitrogens with one attached hydrogen (secondary N) is 2. The molecule has 0 bridgehead atoms. The Morgan fingerprint density at radius 3 is 2.33 bits per heavy atom. The van der Waals surface area contributed by atoms with Crippen molar-refractivity contribution in [2.75, 3.05) is 77.9 Å². The molecule has 21 heteroatoms. The third kappa shape index (κ3) is 14.2. The van der Waals surface area contributed by atoms with Crippen LogP contribution in [0.25, 0.3) is 22.3 Å². The van der Waals surface area contributed by atoms with E-state index in [-0.39, 0.29) is 67.3 Å². The van der Waals surface area contributed by atoms with Crippen molar-refractivity contribution in [3.05, 3.63) is 100.0 Å². The molecule has 4 aromatic rings. The largest absolute Gasteiger partial charge is 0.507 e. The maximum absolute atomic E-state index is 14.0. The molecule has 0 saturated carbocycles. The number of aliphatic hydroxyl groups is 4. The fourth-order valence-electron chi connectivity index (χ4n) is 7.26. The minimum atomic E-state index is -1.52. The van der Waals surface area contributed by atoms with Gasteiger partial charge in [0.2, 0.25) is 11.2 Å². The molecule has 0 spiro atoms. The van der Waals surface area contributed by atoms with Crippen molar-refractivity contribution in [3.63, 3.8) is 0 Å². The van der Waals surface area contributed by atoms with Gasteiger partial charge < -0.3 is 78.5 Å². The Morgan fingerprint density at radius 1 is 0.870 bits per heavy atom. The van der Waals surface area contributed by atoms with Gasteiger partial charge in [-0.3, -0.25) is 19.4 Å². The van der Waals surface area contributed by atoms with Crippen molar-refractivity contribution in [1.82, 2.24) is 16.0 Å². The molecule has 2 aliphatic rings. The smallest absolute Gasteiger partial charge is 0.312 e. The van der Waals surface area contributed by atoms with Gasteiger partial charge in [-0.25, -0.2) is 0 Å². The molecular weight excluding hydrogens is 905 g/mol. The van der Waals surface area contributed by atoms with Crippen molar-refractivity contribution in [2.45, 2.75) is 63.8 Å². The van der Waals surface area contributed by atoms with E-state index >= 15 is 0 Å². The lowest BCUT2D eigenvalue weighted by atomic mass is 9.99. The van der Waals surface area contributed by atoms with Crippen LogP contribution in [0.4, 0.5) is 5.69 Å². The number of ether oxygens (including phenoxy) is 7. The minimum absolute atomic E-state index is 0.00656. The summed E-state index contributed by atoms with van der Waals surface area (Å²) in [6.45, 7) is 5.50.